The minimum Gasteiger partial charge on any atom is -0.494 e. The van der Waals surface area contributed by atoms with Crippen LogP contribution in [0.1, 0.15) is 27.6 Å². The second-order valence-corrected chi connectivity index (χ2v) is 6.66. The van der Waals surface area contributed by atoms with E-state index in [-0.39, 0.29) is 18.1 Å². The number of benzene rings is 3. The molecule has 0 aliphatic rings. The van der Waals surface area contributed by atoms with Gasteiger partial charge in [-0.25, -0.2) is 14.4 Å². The van der Waals surface area contributed by atoms with Gasteiger partial charge in [-0.05, 0) is 79.7 Å². The summed E-state index contributed by atoms with van der Waals surface area (Å²) in [7, 11) is 0. The van der Waals surface area contributed by atoms with Gasteiger partial charge < -0.3 is 23.7 Å². The largest absolute Gasteiger partial charge is 0.494 e. The smallest absolute Gasteiger partial charge is 0.343 e. The van der Waals surface area contributed by atoms with Crippen LogP contribution >= 0.6 is 0 Å². The molecule has 3 aromatic carbocycles. The summed E-state index contributed by atoms with van der Waals surface area (Å²) in [6, 6.07) is 18.8. The van der Waals surface area contributed by atoms with Crippen LogP contribution in [0.5, 0.6) is 23.0 Å². The van der Waals surface area contributed by atoms with E-state index >= 15 is 0 Å². The number of rotatable bonds is 10. The maximum atomic E-state index is 12.4. The van der Waals surface area contributed by atoms with Crippen molar-refractivity contribution in [2.75, 3.05) is 13.4 Å². The third-order valence-electron chi connectivity index (χ3n) is 4.33. The Hall–Kier alpha value is -4.59. The fourth-order valence-electron chi connectivity index (χ4n) is 2.66. The lowest BCUT2D eigenvalue weighted by molar-refractivity contribution is -0.144. The second kappa shape index (κ2) is 11.9. The second-order valence-electron chi connectivity index (χ2n) is 6.66. The monoisotopic (exact) mass is 462 g/mol. The molecule has 3 aromatic rings. The lowest BCUT2D eigenvalue weighted by atomic mass is 10.2. The van der Waals surface area contributed by atoms with Gasteiger partial charge in [-0.1, -0.05) is 6.58 Å². The third kappa shape index (κ3) is 6.96. The summed E-state index contributed by atoms with van der Waals surface area (Å²) in [4.78, 5) is 35.7. The predicted octanol–water partition coefficient (Wildman–Crippen LogP) is 4.59. The van der Waals surface area contributed by atoms with Crippen LogP contribution in [-0.2, 0) is 9.53 Å². The van der Waals surface area contributed by atoms with Crippen molar-refractivity contribution in [3.63, 3.8) is 0 Å². The summed E-state index contributed by atoms with van der Waals surface area (Å²) >= 11 is 0. The Balaban J connectivity index is 1.52. The van der Waals surface area contributed by atoms with Gasteiger partial charge in [0.25, 0.3) is 0 Å². The molecule has 0 bridgehead atoms. The Labute approximate surface area is 196 Å². The number of ether oxygens (including phenoxy) is 5. The van der Waals surface area contributed by atoms with Crippen molar-refractivity contribution in [3.05, 3.63) is 96.6 Å². The number of hydrogen-bond donors (Lipinski definition) is 0. The molecule has 0 saturated heterocycles. The zero-order chi connectivity index (χ0) is 24.3. The first-order chi connectivity index (χ1) is 16.5. The van der Waals surface area contributed by atoms with Gasteiger partial charge >= 0.3 is 17.9 Å². The summed E-state index contributed by atoms with van der Waals surface area (Å²) in [5.41, 5.74) is 0.585. The lowest BCUT2D eigenvalue weighted by Crippen LogP contribution is -2.10. The highest BCUT2D eigenvalue weighted by atomic mass is 16.7. The maximum Gasteiger partial charge on any atom is 0.343 e. The van der Waals surface area contributed by atoms with Crippen LogP contribution < -0.4 is 18.9 Å². The van der Waals surface area contributed by atoms with E-state index in [0.717, 1.165) is 6.08 Å². The highest BCUT2D eigenvalue weighted by molar-refractivity contribution is 5.92. The first-order valence-electron chi connectivity index (χ1n) is 10.3. The molecule has 0 atom stereocenters. The molecule has 8 heteroatoms. The van der Waals surface area contributed by atoms with Gasteiger partial charge in [-0.2, -0.15) is 0 Å². The van der Waals surface area contributed by atoms with E-state index < -0.39 is 17.9 Å². The number of carbonyl (C=O) groups is 3. The average Bonchev–Trinajstić information content (AvgIpc) is 2.86. The highest BCUT2D eigenvalue weighted by Crippen LogP contribution is 2.20. The minimum absolute atomic E-state index is 0.263. The van der Waals surface area contributed by atoms with E-state index in [2.05, 4.69) is 6.58 Å². The Bertz CT molecular complexity index is 1130. The standard InChI is InChI=1S/C26H22O8/c1-3-24(27)32-17-31-21-9-5-18(6-10-21)25(28)33-22-11-7-19(8-12-22)26(29)34-23-15-13-20(14-16-23)30-4-2/h3,5-16H,1,4,17H2,2H3. The maximum absolute atomic E-state index is 12.4. The fourth-order valence-corrected chi connectivity index (χ4v) is 2.66. The molecule has 3 rings (SSSR count). The van der Waals surface area contributed by atoms with Crippen LogP contribution in [0.4, 0.5) is 0 Å². The molecule has 0 N–H and O–H groups in total. The molecular formula is C26H22O8. The van der Waals surface area contributed by atoms with Gasteiger partial charge in [0, 0.05) is 6.08 Å². The Morgan fingerprint density at radius 3 is 1.56 bits per heavy atom. The summed E-state index contributed by atoms with van der Waals surface area (Å²) in [5.74, 6) is 0.00406. The predicted molar refractivity (Wildman–Crippen MR) is 122 cm³/mol. The Morgan fingerprint density at radius 1 is 0.676 bits per heavy atom. The van der Waals surface area contributed by atoms with Gasteiger partial charge in [0.05, 0.1) is 17.7 Å². The van der Waals surface area contributed by atoms with Crippen LogP contribution in [-0.4, -0.2) is 31.3 Å². The molecule has 0 aliphatic heterocycles. The zero-order valence-corrected chi connectivity index (χ0v) is 18.4. The topological polar surface area (TPSA) is 97.4 Å². The van der Waals surface area contributed by atoms with Crippen molar-refractivity contribution in [2.45, 2.75) is 6.92 Å². The number of esters is 3. The van der Waals surface area contributed by atoms with E-state index in [1.807, 2.05) is 6.92 Å². The van der Waals surface area contributed by atoms with Crippen LogP contribution in [0.15, 0.2) is 85.5 Å². The molecule has 34 heavy (non-hydrogen) atoms. The van der Waals surface area contributed by atoms with E-state index in [1.165, 1.54) is 36.4 Å². The molecule has 0 unspecified atom stereocenters. The van der Waals surface area contributed by atoms with E-state index in [1.54, 1.807) is 36.4 Å². The van der Waals surface area contributed by atoms with Gasteiger partial charge in [-0.15, -0.1) is 0 Å². The van der Waals surface area contributed by atoms with E-state index in [4.69, 9.17) is 23.7 Å². The Kier molecular flexibility index (Phi) is 8.40. The van der Waals surface area contributed by atoms with Gasteiger partial charge in [0.2, 0.25) is 6.79 Å². The molecule has 174 valence electrons. The summed E-state index contributed by atoms with van der Waals surface area (Å²) < 4.78 is 26.0. The van der Waals surface area contributed by atoms with Crippen LogP contribution in [0.2, 0.25) is 0 Å². The quantitative estimate of drug-likeness (QED) is 0.187. The van der Waals surface area contributed by atoms with Crippen molar-refractivity contribution >= 4 is 17.9 Å². The molecule has 0 fully saturated rings. The molecule has 0 saturated carbocycles. The van der Waals surface area contributed by atoms with Gasteiger partial charge in [0.1, 0.15) is 23.0 Å². The van der Waals surface area contributed by atoms with E-state index in [0.29, 0.717) is 29.4 Å². The molecule has 0 radical (unpaired) electrons. The molecule has 0 aromatic heterocycles. The first kappa shape index (κ1) is 24.1. The molecule has 0 heterocycles. The fraction of sp³-hybridized carbons (Fsp3) is 0.115. The van der Waals surface area contributed by atoms with Gasteiger partial charge in [0.15, 0.2) is 0 Å². The normalized spacial score (nSPS) is 10.0. The summed E-state index contributed by atoms with van der Waals surface area (Å²) in [6.07, 6.45) is 1.03. The summed E-state index contributed by atoms with van der Waals surface area (Å²) in [6.45, 7) is 5.44. The van der Waals surface area contributed by atoms with Crippen molar-refractivity contribution < 1.29 is 38.1 Å². The lowest BCUT2D eigenvalue weighted by Gasteiger charge is -2.08. The molecule has 0 spiro atoms. The molecule has 0 amide bonds. The third-order valence-corrected chi connectivity index (χ3v) is 4.33. The van der Waals surface area contributed by atoms with E-state index in [9.17, 15) is 14.4 Å². The van der Waals surface area contributed by atoms with Crippen LogP contribution in [0.3, 0.4) is 0 Å². The number of hydrogen-bond acceptors (Lipinski definition) is 8. The average molecular weight is 462 g/mol. The number of carbonyl (C=O) groups excluding carboxylic acids is 3. The highest BCUT2D eigenvalue weighted by Gasteiger charge is 2.12. The van der Waals surface area contributed by atoms with Gasteiger partial charge in [-0.3, -0.25) is 0 Å². The van der Waals surface area contributed by atoms with Crippen LogP contribution in [0.25, 0.3) is 0 Å². The van der Waals surface area contributed by atoms with Crippen molar-refractivity contribution in [1.29, 1.82) is 0 Å². The zero-order valence-electron chi connectivity index (χ0n) is 18.4. The van der Waals surface area contributed by atoms with Crippen molar-refractivity contribution in [2.24, 2.45) is 0 Å². The summed E-state index contributed by atoms with van der Waals surface area (Å²) in [5, 5.41) is 0. The van der Waals surface area contributed by atoms with Crippen molar-refractivity contribution in [1.82, 2.24) is 0 Å². The Morgan fingerprint density at radius 2 is 1.09 bits per heavy atom. The molecule has 8 nitrogen and oxygen atoms in total. The first-order valence-corrected chi connectivity index (χ1v) is 10.3. The molecule has 0 aliphatic carbocycles. The molecular weight excluding hydrogens is 440 g/mol. The van der Waals surface area contributed by atoms with Crippen LogP contribution in [0, 0.1) is 0 Å². The SMILES string of the molecule is C=CC(=O)OCOc1ccc(C(=O)Oc2ccc(C(=O)Oc3ccc(OCC)cc3)cc2)cc1. The minimum atomic E-state index is -0.601. The van der Waals surface area contributed by atoms with Crippen molar-refractivity contribution in [3.8, 4) is 23.0 Å².